The van der Waals surface area contributed by atoms with Crippen molar-refractivity contribution in [2.24, 2.45) is 0 Å². The van der Waals surface area contributed by atoms with Crippen LogP contribution in [0.3, 0.4) is 0 Å². The Hall–Kier alpha value is -4.93. The van der Waals surface area contributed by atoms with Gasteiger partial charge in [0, 0.05) is 59.6 Å². The summed E-state index contributed by atoms with van der Waals surface area (Å²) in [5.74, 6) is 5.78. The van der Waals surface area contributed by atoms with Gasteiger partial charge in [-0.2, -0.15) is 13.2 Å². The second-order valence-electron chi connectivity index (χ2n) is 10.7. The minimum absolute atomic E-state index is 0.0834. The minimum atomic E-state index is -4.56. The Bertz CT molecular complexity index is 1900. The number of aryl methyl sites for hydroxylation is 1. The van der Waals surface area contributed by atoms with Gasteiger partial charge < -0.3 is 5.32 Å². The standard InChI is InChI=1S/C36H28F3N3O/c1-24-10-11-27(18-26(24)12-13-29-21-40-20-28-7-4-5-9-33(28)29)35(43)41-32-15-14-31(34(19-32)36(37,38)39)23-42-17-16-25-6-2-3-8-30(25)22-42/h2-11,14-15,18-21H,16-17,22-23H2,1H3,(H,41,43). The zero-order valence-corrected chi connectivity index (χ0v) is 23.5. The van der Waals surface area contributed by atoms with Gasteiger partial charge in [-0.3, -0.25) is 14.7 Å². The molecule has 1 aliphatic rings. The number of hydrogen-bond donors (Lipinski definition) is 1. The van der Waals surface area contributed by atoms with Crippen LogP contribution in [0.25, 0.3) is 10.8 Å². The van der Waals surface area contributed by atoms with Crippen LogP contribution < -0.4 is 5.32 Å². The smallest absolute Gasteiger partial charge is 0.322 e. The summed E-state index contributed by atoms with van der Waals surface area (Å²) >= 11 is 0. The van der Waals surface area contributed by atoms with Gasteiger partial charge in [0.1, 0.15) is 0 Å². The minimum Gasteiger partial charge on any atom is -0.322 e. The van der Waals surface area contributed by atoms with E-state index in [0.29, 0.717) is 24.2 Å². The van der Waals surface area contributed by atoms with Gasteiger partial charge in [0.05, 0.1) is 11.1 Å². The quantitative estimate of drug-likeness (QED) is 0.223. The number of amides is 1. The van der Waals surface area contributed by atoms with Crippen molar-refractivity contribution in [2.45, 2.75) is 32.6 Å². The molecule has 7 heteroatoms. The first kappa shape index (κ1) is 28.2. The van der Waals surface area contributed by atoms with Gasteiger partial charge in [-0.1, -0.05) is 72.5 Å². The molecule has 4 nitrogen and oxygen atoms in total. The molecule has 0 spiro atoms. The number of fused-ring (bicyclic) bond motifs is 2. The van der Waals surface area contributed by atoms with E-state index in [2.05, 4.69) is 28.2 Å². The van der Waals surface area contributed by atoms with Gasteiger partial charge in [-0.05, 0) is 59.9 Å². The van der Waals surface area contributed by atoms with E-state index in [1.54, 1.807) is 30.6 Å². The number of nitrogens with zero attached hydrogens (tertiary/aromatic N) is 2. The van der Waals surface area contributed by atoms with Crippen LogP contribution in [0.4, 0.5) is 18.9 Å². The summed E-state index contributed by atoms with van der Waals surface area (Å²) in [6.45, 7) is 3.34. The predicted octanol–water partition coefficient (Wildman–Crippen LogP) is 7.77. The van der Waals surface area contributed by atoms with Crippen molar-refractivity contribution in [3.8, 4) is 11.8 Å². The molecule has 0 fully saturated rings. The molecule has 6 rings (SSSR count). The SMILES string of the molecule is Cc1ccc(C(=O)Nc2ccc(CN3CCc4ccccc4C3)c(C(F)(F)F)c2)cc1C#Cc1cncc2ccccc12. The van der Waals surface area contributed by atoms with Crippen molar-refractivity contribution in [1.82, 2.24) is 9.88 Å². The van der Waals surface area contributed by atoms with E-state index in [1.807, 2.05) is 54.3 Å². The number of carbonyl (C=O) groups is 1. The number of alkyl halides is 3. The lowest BCUT2D eigenvalue weighted by atomic mass is 9.98. The Morgan fingerprint density at radius 1 is 0.907 bits per heavy atom. The van der Waals surface area contributed by atoms with Crippen LogP contribution in [0.5, 0.6) is 0 Å². The number of carbonyl (C=O) groups excluding carboxylic acids is 1. The van der Waals surface area contributed by atoms with Gasteiger partial charge in [-0.25, -0.2) is 0 Å². The fourth-order valence-electron chi connectivity index (χ4n) is 5.44. The molecule has 0 saturated heterocycles. The van der Waals surface area contributed by atoms with Gasteiger partial charge in [0.15, 0.2) is 0 Å². The highest BCUT2D eigenvalue weighted by atomic mass is 19.4. The zero-order chi connectivity index (χ0) is 30.0. The van der Waals surface area contributed by atoms with Gasteiger partial charge in [-0.15, -0.1) is 0 Å². The van der Waals surface area contributed by atoms with Crippen molar-refractivity contribution < 1.29 is 18.0 Å². The monoisotopic (exact) mass is 575 g/mol. The molecule has 214 valence electrons. The molecule has 4 aromatic carbocycles. The fraction of sp³-hybridized carbons (Fsp3) is 0.167. The normalized spacial score (nSPS) is 13.2. The summed E-state index contributed by atoms with van der Waals surface area (Å²) in [6.07, 6.45) is -0.284. The summed E-state index contributed by atoms with van der Waals surface area (Å²) in [7, 11) is 0. The van der Waals surface area contributed by atoms with Crippen molar-refractivity contribution in [3.63, 3.8) is 0 Å². The van der Waals surface area contributed by atoms with E-state index in [9.17, 15) is 18.0 Å². The lowest BCUT2D eigenvalue weighted by Gasteiger charge is -2.29. The van der Waals surface area contributed by atoms with Crippen molar-refractivity contribution in [3.05, 3.63) is 142 Å². The highest BCUT2D eigenvalue weighted by Gasteiger charge is 2.34. The van der Waals surface area contributed by atoms with E-state index in [0.717, 1.165) is 39.9 Å². The highest BCUT2D eigenvalue weighted by molar-refractivity contribution is 6.04. The Balaban J connectivity index is 1.21. The van der Waals surface area contributed by atoms with Gasteiger partial charge in [0.25, 0.3) is 5.91 Å². The van der Waals surface area contributed by atoms with E-state index in [-0.39, 0.29) is 17.8 Å². The van der Waals surface area contributed by atoms with E-state index in [4.69, 9.17) is 0 Å². The maximum Gasteiger partial charge on any atom is 0.416 e. The van der Waals surface area contributed by atoms with Crippen molar-refractivity contribution in [2.75, 3.05) is 11.9 Å². The van der Waals surface area contributed by atoms with E-state index >= 15 is 0 Å². The molecule has 0 aliphatic carbocycles. The van der Waals surface area contributed by atoms with Crippen LogP contribution in [0.2, 0.25) is 0 Å². The van der Waals surface area contributed by atoms with Crippen LogP contribution in [0.15, 0.2) is 97.3 Å². The third-order valence-corrected chi connectivity index (χ3v) is 7.78. The summed E-state index contributed by atoms with van der Waals surface area (Å²) in [4.78, 5) is 19.4. The van der Waals surface area contributed by atoms with Crippen LogP contribution in [0.1, 0.15) is 49.3 Å². The number of aromatic nitrogens is 1. The second kappa shape index (κ2) is 11.7. The number of benzene rings is 4. The second-order valence-corrected chi connectivity index (χ2v) is 10.7. The largest absolute Gasteiger partial charge is 0.416 e. The molecular weight excluding hydrogens is 547 g/mol. The molecule has 1 amide bonds. The Kier molecular flexibility index (Phi) is 7.71. The first-order valence-electron chi connectivity index (χ1n) is 14.0. The number of rotatable bonds is 4. The van der Waals surface area contributed by atoms with Gasteiger partial charge >= 0.3 is 6.18 Å². The average molecular weight is 576 g/mol. The summed E-state index contributed by atoms with van der Waals surface area (Å²) in [6, 6.07) is 24.9. The zero-order valence-electron chi connectivity index (χ0n) is 23.5. The Morgan fingerprint density at radius 2 is 1.67 bits per heavy atom. The van der Waals surface area contributed by atoms with Crippen LogP contribution in [0, 0.1) is 18.8 Å². The molecular formula is C36H28F3N3O. The molecule has 0 saturated carbocycles. The van der Waals surface area contributed by atoms with Crippen molar-refractivity contribution >= 4 is 22.4 Å². The molecule has 1 N–H and O–H groups in total. The lowest BCUT2D eigenvalue weighted by Crippen LogP contribution is -2.30. The van der Waals surface area contributed by atoms with Crippen LogP contribution in [-0.4, -0.2) is 22.3 Å². The Labute approximate surface area is 248 Å². The van der Waals surface area contributed by atoms with Crippen molar-refractivity contribution in [1.29, 1.82) is 0 Å². The average Bonchev–Trinajstić information content (AvgIpc) is 3.00. The first-order valence-corrected chi connectivity index (χ1v) is 14.0. The van der Waals surface area contributed by atoms with E-state index < -0.39 is 17.6 Å². The maximum atomic E-state index is 14.2. The molecule has 1 aromatic heterocycles. The first-order chi connectivity index (χ1) is 20.7. The van der Waals surface area contributed by atoms with Gasteiger partial charge in [0.2, 0.25) is 0 Å². The molecule has 5 aromatic rings. The highest BCUT2D eigenvalue weighted by Crippen LogP contribution is 2.35. The Morgan fingerprint density at radius 3 is 2.51 bits per heavy atom. The lowest BCUT2D eigenvalue weighted by molar-refractivity contribution is -0.138. The molecule has 43 heavy (non-hydrogen) atoms. The number of anilines is 1. The molecule has 0 radical (unpaired) electrons. The number of nitrogens with one attached hydrogen (secondary N) is 1. The fourth-order valence-corrected chi connectivity index (χ4v) is 5.44. The topological polar surface area (TPSA) is 45.2 Å². The summed E-state index contributed by atoms with van der Waals surface area (Å²) in [5.41, 5.74) is 4.49. The van der Waals surface area contributed by atoms with Crippen LogP contribution in [-0.2, 0) is 25.7 Å². The van der Waals surface area contributed by atoms with Crippen LogP contribution >= 0.6 is 0 Å². The summed E-state index contributed by atoms with van der Waals surface area (Å²) < 4.78 is 42.5. The summed E-state index contributed by atoms with van der Waals surface area (Å²) in [5, 5.41) is 4.60. The number of pyridine rings is 1. The number of halogens is 3. The molecule has 1 aliphatic heterocycles. The maximum absolute atomic E-state index is 14.2. The number of hydrogen-bond acceptors (Lipinski definition) is 3. The third kappa shape index (κ3) is 6.30. The third-order valence-electron chi connectivity index (χ3n) is 7.78. The molecule has 2 heterocycles. The molecule has 0 atom stereocenters. The van der Waals surface area contributed by atoms with E-state index in [1.165, 1.54) is 17.7 Å². The molecule has 0 bridgehead atoms. The molecule has 0 unspecified atom stereocenters. The predicted molar refractivity (Wildman–Crippen MR) is 163 cm³/mol.